The molecule has 0 aliphatic carbocycles. The SMILES string of the molecule is C[N+](=O)n1ccc(C(=O)NCC(=O)Nc2nc(-c3cccc(COc4ccccc4)c3)cs2)c1. The molecule has 4 aromatic rings. The lowest BCUT2D eigenvalue weighted by molar-refractivity contribution is -0.578. The molecule has 0 aliphatic heterocycles. The van der Waals surface area contributed by atoms with Gasteiger partial charge in [0.25, 0.3) is 5.91 Å². The van der Waals surface area contributed by atoms with E-state index in [1.165, 1.54) is 41.5 Å². The van der Waals surface area contributed by atoms with Gasteiger partial charge in [-0.1, -0.05) is 41.1 Å². The molecule has 0 spiro atoms. The molecule has 0 fully saturated rings. The van der Waals surface area contributed by atoms with Crippen LogP contribution in [-0.4, -0.2) is 39.9 Å². The Balaban J connectivity index is 1.31. The van der Waals surface area contributed by atoms with Gasteiger partial charge in [-0.25, -0.2) is 4.98 Å². The second-order valence-corrected chi connectivity index (χ2v) is 8.17. The number of amides is 2. The van der Waals surface area contributed by atoms with Crippen molar-refractivity contribution in [2.45, 2.75) is 6.61 Å². The zero-order chi connectivity index (χ0) is 23.9. The molecular weight excluding hydrogens is 454 g/mol. The number of nitrogens with zero attached hydrogens (tertiary/aromatic N) is 3. The van der Waals surface area contributed by atoms with E-state index in [9.17, 15) is 14.5 Å². The molecule has 172 valence electrons. The van der Waals surface area contributed by atoms with Gasteiger partial charge in [0.2, 0.25) is 13.0 Å². The average molecular weight is 477 g/mol. The number of ether oxygens (including phenoxy) is 1. The Labute approximate surface area is 199 Å². The van der Waals surface area contributed by atoms with Gasteiger partial charge in [0.15, 0.2) is 5.13 Å². The van der Waals surface area contributed by atoms with Crippen LogP contribution in [0.5, 0.6) is 5.75 Å². The normalized spacial score (nSPS) is 10.5. The molecule has 2 amide bonds. The van der Waals surface area contributed by atoms with Crippen molar-refractivity contribution in [1.82, 2.24) is 15.0 Å². The Bertz CT molecular complexity index is 1320. The molecule has 2 heterocycles. The molecule has 10 heteroatoms. The summed E-state index contributed by atoms with van der Waals surface area (Å²) in [6.45, 7) is 0.207. The van der Waals surface area contributed by atoms with Gasteiger partial charge in [0.1, 0.15) is 17.2 Å². The highest BCUT2D eigenvalue weighted by atomic mass is 32.1. The van der Waals surface area contributed by atoms with E-state index in [-0.39, 0.29) is 12.1 Å². The van der Waals surface area contributed by atoms with Crippen molar-refractivity contribution in [3.63, 3.8) is 0 Å². The standard InChI is InChI=1S/C24H21N5O4S/c1-28(32)29-11-10-19(14-29)23(31)25-13-22(30)27-24-26-21(16-34-24)18-7-5-6-17(12-18)15-33-20-8-3-2-4-9-20/h2-12,14,16H,13,15H2,1H3,(H-,25,26,27,30,31)/p+1. The number of aromatic nitrogens is 2. The maximum Gasteiger partial charge on any atom is 0.253 e. The van der Waals surface area contributed by atoms with E-state index in [4.69, 9.17) is 4.74 Å². The molecule has 2 aromatic carbocycles. The molecule has 0 radical (unpaired) electrons. The molecule has 0 atom stereocenters. The fraction of sp³-hybridized carbons (Fsp3) is 0.125. The van der Waals surface area contributed by atoms with Crippen LogP contribution in [0.2, 0.25) is 0 Å². The summed E-state index contributed by atoms with van der Waals surface area (Å²) in [7, 11) is 1.31. The van der Waals surface area contributed by atoms with Crippen molar-refractivity contribution < 1.29 is 19.2 Å². The van der Waals surface area contributed by atoms with Gasteiger partial charge in [-0.15, -0.1) is 11.3 Å². The summed E-state index contributed by atoms with van der Waals surface area (Å²) < 4.78 is 7.02. The second kappa shape index (κ2) is 10.5. The predicted octanol–water partition coefficient (Wildman–Crippen LogP) is 3.73. The van der Waals surface area contributed by atoms with Gasteiger partial charge in [0, 0.05) is 10.9 Å². The van der Waals surface area contributed by atoms with Crippen LogP contribution in [0.15, 0.2) is 78.4 Å². The van der Waals surface area contributed by atoms with Crippen molar-refractivity contribution in [2.75, 3.05) is 18.9 Å². The van der Waals surface area contributed by atoms with E-state index in [2.05, 4.69) is 15.6 Å². The number of carbonyl (C=O) groups excluding carboxylic acids is 2. The smallest absolute Gasteiger partial charge is 0.253 e. The third-order valence-electron chi connectivity index (χ3n) is 4.80. The van der Waals surface area contributed by atoms with Crippen molar-refractivity contribution in [1.29, 1.82) is 0 Å². The molecule has 4 rings (SSSR count). The van der Waals surface area contributed by atoms with E-state index in [1.54, 1.807) is 0 Å². The van der Waals surface area contributed by atoms with E-state index in [0.29, 0.717) is 16.6 Å². The zero-order valence-corrected chi connectivity index (χ0v) is 19.1. The number of hydrogen-bond donors (Lipinski definition) is 2. The molecule has 0 aliphatic rings. The minimum atomic E-state index is -0.454. The number of nitroso groups, excluding NO2 is 1. The third-order valence-corrected chi connectivity index (χ3v) is 5.55. The summed E-state index contributed by atoms with van der Waals surface area (Å²) in [6, 6.07) is 18.9. The summed E-state index contributed by atoms with van der Waals surface area (Å²) >= 11 is 1.30. The van der Waals surface area contributed by atoms with Crippen LogP contribution < -0.4 is 15.4 Å². The minimum Gasteiger partial charge on any atom is -0.489 e. The number of carbonyl (C=O) groups is 2. The first-order valence-corrected chi connectivity index (χ1v) is 11.3. The highest BCUT2D eigenvalue weighted by Gasteiger charge is 2.14. The quantitative estimate of drug-likeness (QED) is 0.358. The number of nitrogens with one attached hydrogen (secondary N) is 2. The van der Waals surface area contributed by atoms with Gasteiger partial charge in [-0.2, -0.15) is 0 Å². The van der Waals surface area contributed by atoms with Gasteiger partial charge >= 0.3 is 0 Å². The molecule has 9 nitrogen and oxygen atoms in total. The second-order valence-electron chi connectivity index (χ2n) is 7.32. The molecule has 2 N–H and O–H groups in total. The molecule has 0 bridgehead atoms. The van der Waals surface area contributed by atoms with Gasteiger partial charge < -0.3 is 15.4 Å². The fourth-order valence-electron chi connectivity index (χ4n) is 3.09. The van der Waals surface area contributed by atoms with E-state index in [0.717, 1.165) is 22.6 Å². The van der Waals surface area contributed by atoms with Crippen molar-refractivity contribution >= 4 is 28.3 Å². The minimum absolute atomic E-state index is 0.224. The fourth-order valence-corrected chi connectivity index (χ4v) is 3.82. The van der Waals surface area contributed by atoms with E-state index in [1.807, 2.05) is 60.0 Å². The summed E-state index contributed by atoms with van der Waals surface area (Å²) in [5.41, 5.74) is 2.92. The Kier molecular flexibility index (Phi) is 7.09. The maximum absolute atomic E-state index is 12.2. The number of rotatable bonds is 9. The predicted molar refractivity (Wildman–Crippen MR) is 129 cm³/mol. The summed E-state index contributed by atoms with van der Waals surface area (Å²) in [4.78, 5) is 40.7. The molecular formula is C24H22N5O4S+. The van der Waals surface area contributed by atoms with Gasteiger partial charge in [-0.3, -0.25) is 9.59 Å². The number of anilines is 1. The average Bonchev–Trinajstić information content (AvgIpc) is 3.53. The number of para-hydroxylation sites is 1. The Morgan fingerprint density at radius 1 is 1.12 bits per heavy atom. The van der Waals surface area contributed by atoms with Crippen LogP contribution in [-0.2, 0) is 11.4 Å². The first kappa shape index (κ1) is 22.9. The first-order chi connectivity index (χ1) is 16.5. The van der Waals surface area contributed by atoms with Gasteiger partial charge in [0.05, 0.1) is 35.1 Å². The Morgan fingerprint density at radius 3 is 2.71 bits per heavy atom. The lowest BCUT2D eigenvalue weighted by Crippen LogP contribution is -2.32. The molecule has 0 unspecified atom stereocenters. The van der Waals surface area contributed by atoms with Crippen LogP contribution in [0.25, 0.3) is 11.3 Å². The largest absolute Gasteiger partial charge is 0.489 e. The van der Waals surface area contributed by atoms with Crippen LogP contribution in [0.1, 0.15) is 15.9 Å². The monoisotopic (exact) mass is 476 g/mol. The van der Waals surface area contributed by atoms with Crippen LogP contribution in [0.3, 0.4) is 0 Å². The molecule has 0 saturated carbocycles. The van der Waals surface area contributed by atoms with E-state index >= 15 is 0 Å². The highest BCUT2D eigenvalue weighted by molar-refractivity contribution is 7.14. The van der Waals surface area contributed by atoms with Crippen molar-refractivity contribution in [3.8, 4) is 17.0 Å². The number of hydrogen-bond acceptors (Lipinski definition) is 6. The lowest BCUT2D eigenvalue weighted by Gasteiger charge is -2.07. The van der Waals surface area contributed by atoms with Gasteiger partial charge in [-0.05, 0) is 29.8 Å². The molecule has 0 saturated heterocycles. The van der Waals surface area contributed by atoms with Crippen LogP contribution in [0.4, 0.5) is 5.13 Å². The maximum atomic E-state index is 12.2. The Morgan fingerprint density at radius 2 is 1.94 bits per heavy atom. The zero-order valence-electron chi connectivity index (χ0n) is 18.3. The molecule has 34 heavy (non-hydrogen) atoms. The van der Waals surface area contributed by atoms with Crippen LogP contribution >= 0.6 is 11.3 Å². The lowest BCUT2D eigenvalue weighted by atomic mass is 10.1. The first-order valence-electron chi connectivity index (χ1n) is 10.4. The van der Waals surface area contributed by atoms with Crippen molar-refractivity contribution in [3.05, 3.63) is 94.5 Å². The third kappa shape index (κ3) is 5.93. The highest BCUT2D eigenvalue weighted by Crippen LogP contribution is 2.26. The number of thiazole rings is 1. The summed E-state index contributed by atoms with van der Waals surface area (Å²) in [5, 5.41) is 7.50. The van der Waals surface area contributed by atoms with E-state index < -0.39 is 11.8 Å². The van der Waals surface area contributed by atoms with Crippen LogP contribution in [0, 0.1) is 4.91 Å². The van der Waals surface area contributed by atoms with Crippen molar-refractivity contribution in [2.24, 2.45) is 0 Å². The Hall–Kier alpha value is -4.31. The topological polar surface area (TPSA) is 105 Å². The molecule has 2 aromatic heterocycles. The number of benzene rings is 2. The summed E-state index contributed by atoms with van der Waals surface area (Å²) in [5.74, 6) is -0.0567. The summed E-state index contributed by atoms with van der Waals surface area (Å²) in [6.07, 6.45) is 2.84.